The Hall–Kier alpha value is -0.880. The molecule has 0 unspecified atom stereocenters. The van der Waals surface area contributed by atoms with Crippen molar-refractivity contribution in [3.8, 4) is 23.7 Å². The van der Waals surface area contributed by atoms with Crippen LogP contribution in [0.25, 0.3) is 0 Å². The zero-order chi connectivity index (χ0) is 11.2. The molecule has 0 fully saturated rings. The van der Waals surface area contributed by atoms with Gasteiger partial charge >= 0.3 is 0 Å². The van der Waals surface area contributed by atoms with E-state index in [2.05, 4.69) is 37.5 Å². The van der Waals surface area contributed by atoms with Crippen LogP contribution in [0.3, 0.4) is 0 Å². The molecule has 0 aromatic rings. The van der Waals surface area contributed by atoms with E-state index in [0.29, 0.717) is 0 Å². The predicted octanol–water partition coefficient (Wildman–Crippen LogP) is 4.36. The van der Waals surface area contributed by atoms with Crippen molar-refractivity contribution in [2.24, 2.45) is 0 Å². The van der Waals surface area contributed by atoms with Crippen molar-refractivity contribution in [2.75, 3.05) is 0 Å². The molecule has 1 radical (unpaired) electrons. The molecule has 83 valence electrons. The van der Waals surface area contributed by atoms with Crippen molar-refractivity contribution >= 4 is 0 Å². The Morgan fingerprint density at radius 1 is 0.800 bits per heavy atom. The first-order valence-corrected chi connectivity index (χ1v) is 6.12. The van der Waals surface area contributed by atoms with Crippen molar-refractivity contribution in [3.63, 3.8) is 0 Å². The van der Waals surface area contributed by atoms with Gasteiger partial charge in [0, 0.05) is 12.8 Å². The van der Waals surface area contributed by atoms with Gasteiger partial charge in [-0.05, 0) is 12.8 Å². The van der Waals surface area contributed by atoms with Gasteiger partial charge in [0.05, 0.1) is 6.42 Å². The Kier molecular flexibility index (Phi) is 12.4. The minimum Gasteiger partial charge on any atom is -0.102 e. The molecule has 0 aliphatic heterocycles. The molecule has 0 saturated carbocycles. The van der Waals surface area contributed by atoms with E-state index in [9.17, 15) is 0 Å². The van der Waals surface area contributed by atoms with E-state index in [0.717, 1.165) is 32.1 Å². The number of unbranched alkanes of at least 4 members (excludes halogenated alkanes) is 6. The maximum absolute atomic E-state index is 3.83. The normalized spacial score (nSPS) is 8.67. The topological polar surface area (TPSA) is 0 Å². The quantitative estimate of drug-likeness (QED) is 0.444. The first kappa shape index (κ1) is 14.1. The van der Waals surface area contributed by atoms with Crippen LogP contribution < -0.4 is 0 Å². The van der Waals surface area contributed by atoms with Crippen LogP contribution in [-0.2, 0) is 0 Å². The molecule has 0 aliphatic rings. The van der Waals surface area contributed by atoms with E-state index >= 15 is 0 Å². The lowest BCUT2D eigenvalue weighted by Gasteiger charge is -1.94. The van der Waals surface area contributed by atoms with Gasteiger partial charge in [-0.2, -0.15) is 0 Å². The summed E-state index contributed by atoms with van der Waals surface area (Å²) < 4.78 is 0. The van der Waals surface area contributed by atoms with E-state index in [4.69, 9.17) is 0 Å². The molecule has 0 aromatic carbocycles. The molecule has 0 spiro atoms. The summed E-state index contributed by atoms with van der Waals surface area (Å²) >= 11 is 0. The predicted molar refractivity (Wildman–Crippen MR) is 68.1 cm³/mol. The number of rotatable bonds is 6. The maximum atomic E-state index is 3.83. The molecule has 0 bridgehead atoms. The monoisotopic (exact) mass is 203 g/mol. The van der Waals surface area contributed by atoms with Gasteiger partial charge in [-0.15, -0.1) is 11.8 Å². The SMILES string of the molecule is [CH2]CCCCCCC#CCC#CCCC. The molecule has 0 atom stereocenters. The summed E-state index contributed by atoms with van der Waals surface area (Å²) in [5.41, 5.74) is 0. The molecular formula is C15H23. The molecule has 0 aliphatic carbocycles. The van der Waals surface area contributed by atoms with E-state index < -0.39 is 0 Å². The van der Waals surface area contributed by atoms with Crippen molar-refractivity contribution in [3.05, 3.63) is 6.92 Å². The van der Waals surface area contributed by atoms with Gasteiger partial charge in [0.1, 0.15) is 0 Å². The lowest BCUT2D eigenvalue weighted by atomic mass is 10.1. The molecule has 0 nitrogen and oxygen atoms in total. The highest BCUT2D eigenvalue weighted by atomic mass is 13.9. The van der Waals surface area contributed by atoms with Gasteiger partial charge in [0.15, 0.2) is 0 Å². The van der Waals surface area contributed by atoms with Gasteiger partial charge in [-0.1, -0.05) is 51.4 Å². The van der Waals surface area contributed by atoms with Crippen molar-refractivity contribution in [2.45, 2.75) is 64.7 Å². The minimum atomic E-state index is 0.749. The fourth-order valence-corrected chi connectivity index (χ4v) is 1.21. The Bertz CT molecular complexity index is 228. The molecule has 0 heteroatoms. The van der Waals surface area contributed by atoms with Gasteiger partial charge in [0.25, 0.3) is 0 Å². The van der Waals surface area contributed by atoms with Crippen molar-refractivity contribution in [1.82, 2.24) is 0 Å². The van der Waals surface area contributed by atoms with Crippen LogP contribution >= 0.6 is 0 Å². The molecular weight excluding hydrogens is 180 g/mol. The Labute approximate surface area is 95.8 Å². The third-order valence-electron chi connectivity index (χ3n) is 2.10. The van der Waals surface area contributed by atoms with Gasteiger partial charge in [-0.25, -0.2) is 0 Å². The summed E-state index contributed by atoms with van der Waals surface area (Å²) in [6, 6.07) is 0. The lowest BCUT2D eigenvalue weighted by molar-refractivity contribution is 0.655. The summed E-state index contributed by atoms with van der Waals surface area (Å²) in [5.74, 6) is 12.4. The summed E-state index contributed by atoms with van der Waals surface area (Å²) in [4.78, 5) is 0. The highest BCUT2D eigenvalue weighted by Gasteiger charge is 1.85. The van der Waals surface area contributed by atoms with E-state index in [1.54, 1.807) is 0 Å². The molecule has 0 rings (SSSR count). The first-order chi connectivity index (χ1) is 7.41. The second-order valence-electron chi connectivity index (χ2n) is 3.65. The molecule has 0 aromatic heterocycles. The average molecular weight is 203 g/mol. The average Bonchev–Trinajstić information content (AvgIpc) is 2.26. The highest BCUT2D eigenvalue weighted by Crippen LogP contribution is 2.03. The van der Waals surface area contributed by atoms with E-state index in [-0.39, 0.29) is 0 Å². The zero-order valence-electron chi connectivity index (χ0n) is 10.1. The molecule has 0 amide bonds. The highest BCUT2D eigenvalue weighted by molar-refractivity contribution is 5.11. The van der Waals surface area contributed by atoms with E-state index in [1.807, 2.05) is 0 Å². The second-order valence-corrected chi connectivity index (χ2v) is 3.65. The van der Waals surface area contributed by atoms with E-state index in [1.165, 1.54) is 25.7 Å². The Morgan fingerprint density at radius 2 is 1.47 bits per heavy atom. The number of hydrogen-bond acceptors (Lipinski definition) is 0. The van der Waals surface area contributed by atoms with Crippen LogP contribution in [0.4, 0.5) is 0 Å². The molecule has 0 N–H and O–H groups in total. The third-order valence-corrected chi connectivity index (χ3v) is 2.10. The van der Waals surface area contributed by atoms with Crippen LogP contribution in [0.2, 0.25) is 0 Å². The van der Waals surface area contributed by atoms with Crippen LogP contribution in [-0.4, -0.2) is 0 Å². The minimum absolute atomic E-state index is 0.749. The molecule has 0 heterocycles. The number of hydrogen-bond donors (Lipinski definition) is 0. The summed E-state index contributed by atoms with van der Waals surface area (Å²) in [6.45, 7) is 5.97. The van der Waals surface area contributed by atoms with Gasteiger partial charge in [0.2, 0.25) is 0 Å². The second kappa shape index (κ2) is 13.1. The first-order valence-electron chi connectivity index (χ1n) is 6.12. The van der Waals surface area contributed by atoms with Crippen LogP contribution in [0.5, 0.6) is 0 Å². The van der Waals surface area contributed by atoms with Crippen molar-refractivity contribution in [1.29, 1.82) is 0 Å². The van der Waals surface area contributed by atoms with Crippen LogP contribution in [0, 0.1) is 30.6 Å². The maximum Gasteiger partial charge on any atom is 0.0702 e. The third kappa shape index (κ3) is 13.1. The largest absolute Gasteiger partial charge is 0.102 e. The molecule has 0 saturated heterocycles. The Balaban J connectivity index is 3.21. The van der Waals surface area contributed by atoms with Gasteiger partial charge < -0.3 is 0 Å². The van der Waals surface area contributed by atoms with Crippen LogP contribution in [0.15, 0.2) is 0 Å². The zero-order valence-corrected chi connectivity index (χ0v) is 10.1. The fraction of sp³-hybridized carbons (Fsp3) is 0.667. The molecule has 15 heavy (non-hydrogen) atoms. The fourth-order valence-electron chi connectivity index (χ4n) is 1.21. The summed E-state index contributed by atoms with van der Waals surface area (Å²) in [7, 11) is 0. The summed E-state index contributed by atoms with van der Waals surface area (Å²) in [6.07, 6.45) is 10.1. The van der Waals surface area contributed by atoms with Crippen molar-refractivity contribution < 1.29 is 0 Å². The Morgan fingerprint density at radius 3 is 2.13 bits per heavy atom. The lowest BCUT2D eigenvalue weighted by Crippen LogP contribution is -1.76. The standard InChI is InChI=1S/C15H23/c1-3-5-7-9-11-13-15-14-12-10-8-6-4-2/h1,3-7,9,11-13H2,2H3. The summed E-state index contributed by atoms with van der Waals surface area (Å²) in [5, 5.41) is 0. The van der Waals surface area contributed by atoms with Gasteiger partial charge in [-0.3, -0.25) is 0 Å². The smallest absolute Gasteiger partial charge is 0.0702 e. The van der Waals surface area contributed by atoms with Crippen LogP contribution in [0.1, 0.15) is 64.7 Å².